The van der Waals surface area contributed by atoms with Crippen LogP contribution >= 0.6 is 0 Å². The Morgan fingerprint density at radius 2 is 2.10 bits per heavy atom. The molecule has 0 aromatic rings. The lowest BCUT2D eigenvalue weighted by atomic mass is 10.3. The third-order valence-corrected chi connectivity index (χ3v) is 1.46. The van der Waals surface area contributed by atoms with Crippen molar-refractivity contribution in [2.24, 2.45) is 0 Å². The third-order valence-electron chi connectivity index (χ3n) is 1.46. The summed E-state index contributed by atoms with van der Waals surface area (Å²) < 4.78 is 5.26. The molecule has 0 heterocycles. The first-order chi connectivity index (χ1) is 4.81. The van der Waals surface area contributed by atoms with Crippen molar-refractivity contribution in [1.82, 2.24) is 0 Å². The Labute approximate surface area is 64.1 Å². The van der Waals surface area contributed by atoms with E-state index in [1.54, 1.807) is 0 Å². The summed E-state index contributed by atoms with van der Waals surface area (Å²) in [5, 5.41) is 0. The van der Waals surface area contributed by atoms with E-state index in [9.17, 15) is 0 Å². The molecule has 10 heavy (non-hydrogen) atoms. The predicted octanol–water partition coefficient (Wildman–Crippen LogP) is 3.12. The minimum Gasteiger partial charge on any atom is -0.501 e. The summed E-state index contributed by atoms with van der Waals surface area (Å²) in [4.78, 5) is 0. The van der Waals surface area contributed by atoms with Gasteiger partial charge in [0.15, 0.2) is 0 Å². The zero-order valence-corrected chi connectivity index (χ0v) is 7.31. The number of hydrogen-bond donors (Lipinski definition) is 0. The van der Waals surface area contributed by atoms with Gasteiger partial charge in [0.05, 0.1) is 12.9 Å². The maximum absolute atomic E-state index is 5.26. The maximum atomic E-state index is 5.26. The van der Waals surface area contributed by atoms with Gasteiger partial charge in [-0.2, -0.15) is 0 Å². The normalized spacial score (nSPS) is 11.7. The molecule has 0 radical (unpaired) electrons. The fourth-order valence-electron chi connectivity index (χ4n) is 0.512. The van der Waals surface area contributed by atoms with Crippen molar-refractivity contribution in [3.63, 3.8) is 0 Å². The molecule has 0 aromatic carbocycles. The second-order valence-electron chi connectivity index (χ2n) is 2.54. The highest BCUT2D eigenvalue weighted by Crippen LogP contribution is 1.98. The van der Waals surface area contributed by atoms with E-state index in [-0.39, 0.29) is 0 Å². The Bertz CT molecular complexity index is 94.9. The van der Waals surface area contributed by atoms with Crippen LogP contribution in [0, 0.1) is 0 Å². The first-order valence-electron chi connectivity index (χ1n) is 4.08. The van der Waals surface area contributed by atoms with Crippen LogP contribution in [-0.2, 0) is 4.74 Å². The van der Waals surface area contributed by atoms with Gasteiger partial charge in [0.25, 0.3) is 0 Å². The molecule has 0 aliphatic rings. The molecule has 0 spiro atoms. The Kier molecular flexibility index (Phi) is 6.35. The Hall–Kier alpha value is -0.460. The standard InChI is InChI=1S/C9H18O/c1-4-6-7-10-8-9(3)5-2/h8H,4-7H2,1-3H3/b9-8+. The Morgan fingerprint density at radius 3 is 2.60 bits per heavy atom. The molecule has 0 saturated heterocycles. The van der Waals surface area contributed by atoms with Crippen molar-refractivity contribution in [2.45, 2.75) is 40.0 Å². The topological polar surface area (TPSA) is 9.23 Å². The van der Waals surface area contributed by atoms with Gasteiger partial charge in [-0.25, -0.2) is 0 Å². The van der Waals surface area contributed by atoms with Crippen LogP contribution in [-0.4, -0.2) is 6.61 Å². The number of hydrogen-bond acceptors (Lipinski definition) is 1. The van der Waals surface area contributed by atoms with E-state index < -0.39 is 0 Å². The molecular weight excluding hydrogens is 124 g/mol. The van der Waals surface area contributed by atoms with Crippen LogP contribution in [0.15, 0.2) is 11.8 Å². The van der Waals surface area contributed by atoms with Crippen LogP contribution in [0.2, 0.25) is 0 Å². The second kappa shape index (κ2) is 6.66. The number of ether oxygens (including phenoxy) is 1. The van der Waals surface area contributed by atoms with Crippen LogP contribution in [0.4, 0.5) is 0 Å². The maximum Gasteiger partial charge on any atom is 0.0873 e. The molecule has 60 valence electrons. The highest BCUT2D eigenvalue weighted by molar-refractivity contribution is 4.90. The van der Waals surface area contributed by atoms with Gasteiger partial charge in [0, 0.05) is 0 Å². The van der Waals surface area contributed by atoms with E-state index in [2.05, 4.69) is 20.8 Å². The van der Waals surface area contributed by atoms with Gasteiger partial charge in [-0.15, -0.1) is 0 Å². The molecule has 1 heteroatoms. The van der Waals surface area contributed by atoms with E-state index in [0.29, 0.717) is 0 Å². The lowest BCUT2D eigenvalue weighted by Gasteiger charge is -1.99. The zero-order chi connectivity index (χ0) is 7.82. The summed E-state index contributed by atoms with van der Waals surface area (Å²) >= 11 is 0. The molecule has 0 bridgehead atoms. The van der Waals surface area contributed by atoms with Crippen molar-refractivity contribution in [2.75, 3.05) is 6.61 Å². The smallest absolute Gasteiger partial charge is 0.0873 e. The molecule has 0 saturated carbocycles. The van der Waals surface area contributed by atoms with Crippen LogP contribution in [0.3, 0.4) is 0 Å². The quantitative estimate of drug-likeness (QED) is 0.423. The molecule has 0 fully saturated rings. The van der Waals surface area contributed by atoms with Gasteiger partial charge in [-0.05, 0) is 25.3 Å². The molecule has 0 aliphatic heterocycles. The van der Waals surface area contributed by atoms with Gasteiger partial charge in [0.2, 0.25) is 0 Å². The van der Waals surface area contributed by atoms with Crippen LogP contribution in [0.25, 0.3) is 0 Å². The van der Waals surface area contributed by atoms with Gasteiger partial charge in [0.1, 0.15) is 0 Å². The van der Waals surface area contributed by atoms with Gasteiger partial charge in [-0.1, -0.05) is 20.3 Å². The van der Waals surface area contributed by atoms with Crippen LogP contribution in [0.1, 0.15) is 40.0 Å². The highest BCUT2D eigenvalue weighted by Gasteiger charge is 1.83. The first kappa shape index (κ1) is 9.54. The molecule has 0 unspecified atom stereocenters. The first-order valence-corrected chi connectivity index (χ1v) is 4.08. The van der Waals surface area contributed by atoms with E-state index in [1.165, 1.54) is 12.0 Å². The van der Waals surface area contributed by atoms with Crippen molar-refractivity contribution >= 4 is 0 Å². The molecule has 0 N–H and O–H groups in total. The summed E-state index contributed by atoms with van der Waals surface area (Å²) in [6.45, 7) is 7.26. The predicted molar refractivity (Wildman–Crippen MR) is 44.9 cm³/mol. The summed E-state index contributed by atoms with van der Waals surface area (Å²) in [6, 6.07) is 0. The van der Waals surface area contributed by atoms with E-state index >= 15 is 0 Å². The number of unbranched alkanes of at least 4 members (excludes halogenated alkanes) is 1. The largest absolute Gasteiger partial charge is 0.501 e. The van der Waals surface area contributed by atoms with E-state index in [0.717, 1.165) is 19.4 Å². The third kappa shape index (κ3) is 5.67. The lowest BCUT2D eigenvalue weighted by Crippen LogP contribution is -1.86. The van der Waals surface area contributed by atoms with Gasteiger partial charge in [-0.3, -0.25) is 0 Å². The monoisotopic (exact) mass is 142 g/mol. The summed E-state index contributed by atoms with van der Waals surface area (Å²) in [6.07, 6.45) is 5.33. The Morgan fingerprint density at radius 1 is 1.40 bits per heavy atom. The average molecular weight is 142 g/mol. The lowest BCUT2D eigenvalue weighted by molar-refractivity contribution is 0.240. The second-order valence-corrected chi connectivity index (χ2v) is 2.54. The summed E-state index contributed by atoms with van der Waals surface area (Å²) in [7, 11) is 0. The fraction of sp³-hybridized carbons (Fsp3) is 0.778. The van der Waals surface area contributed by atoms with E-state index in [1.807, 2.05) is 6.26 Å². The SMILES string of the molecule is CCCCO/C=C(\C)CC. The minimum absolute atomic E-state index is 0.869. The molecule has 0 aromatic heterocycles. The van der Waals surface area contributed by atoms with Crippen molar-refractivity contribution < 1.29 is 4.74 Å². The van der Waals surface area contributed by atoms with Crippen LogP contribution in [0.5, 0.6) is 0 Å². The van der Waals surface area contributed by atoms with E-state index in [4.69, 9.17) is 4.74 Å². The molecule has 0 amide bonds. The number of allylic oxidation sites excluding steroid dienone is 1. The highest BCUT2D eigenvalue weighted by atomic mass is 16.5. The van der Waals surface area contributed by atoms with Crippen LogP contribution < -0.4 is 0 Å². The summed E-state index contributed by atoms with van der Waals surface area (Å²) in [5.41, 5.74) is 1.32. The van der Waals surface area contributed by atoms with Crippen molar-refractivity contribution in [3.8, 4) is 0 Å². The van der Waals surface area contributed by atoms with Crippen molar-refractivity contribution in [3.05, 3.63) is 11.8 Å². The molecule has 1 nitrogen and oxygen atoms in total. The Balaban J connectivity index is 3.16. The van der Waals surface area contributed by atoms with Gasteiger partial charge >= 0.3 is 0 Å². The summed E-state index contributed by atoms with van der Waals surface area (Å²) in [5.74, 6) is 0. The fourth-order valence-corrected chi connectivity index (χ4v) is 0.512. The molecule has 0 rings (SSSR count). The molecule has 0 aliphatic carbocycles. The molecular formula is C9H18O. The minimum atomic E-state index is 0.869. The van der Waals surface area contributed by atoms with Gasteiger partial charge < -0.3 is 4.74 Å². The number of rotatable bonds is 5. The average Bonchev–Trinajstić information content (AvgIpc) is 1.98. The van der Waals surface area contributed by atoms with Crippen molar-refractivity contribution in [1.29, 1.82) is 0 Å². The zero-order valence-electron chi connectivity index (χ0n) is 7.31. The molecule has 0 atom stereocenters.